The number of hydrazine groups is 1. The van der Waals surface area contributed by atoms with Crippen molar-refractivity contribution in [2.75, 3.05) is 26.2 Å². The Morgan fingerprint density at radius 3 is 2.29 bits per heavy atom. The highest BCUT2D eigenvalue weighted by atomic mass is 19.3. The maximum atomic E-state index is 12.9. The summed E-state index contributed by atoms with van der Waals surface area (Å²) in [7, 11) is 0. The molecule has 2 rings (SSSR count). The summed E-state index contributed by atoms with van der Waals surface area (Å²) in [6, 6.07) is 0.322. The molecule has 0 amide bonds. The molecule has 0 radical (unpaired) electrons. The third-order valence-corrected chi connectivity index (χ3v) is 3.21. The molecule has 2 fully saturated rings. The van der Waals surface area contributed by atoms with Gasteiger partial charge in [-0.15, -0.1) is 0 Å². The average Bonchev–Trinajstić information content (AvgIpc) is 2.47. The Morgan fingerprint density at radius 2 is 1.79 bits per heavy atom. The first-order chi connectivity index (χ1) is 6.57. The van der Waals surface area contributed by atoms with Gasteiger partial charge >= 0.3 is 0 Å². The van der Waals surface area contributed by atoms with Crippen LogP contribution < -0.4 is 5.84 Å². The van der Waals surface area contributed by atoms with Gasteiger partial charge in [0.15, 0.2) is 0 Å². The molecular weight excluding hydrogens is 188 g/mol. The number of alkyl halides is 2. The molecule has 3 nitrogen and oxygen atoms in total. The van der Waals surface area contributed by atoms with Crippen LogP contribution in [0, 0.1) is 0 Å². The van der Waals surface area contributed by atoms with Crippen LogP contribution in [0.4, 0.5) is 8.78 Å². The molecule has 2 heterocycles. The number of hydrogen-bond donors (Lipinski definition) is 1. The molecule has 0 aromatic rings. The van der Waals surface area contributed by atoms with Crippen molar-refractivity contribution >= 4 is 0 Å². The summed E-state index contributed by atoms with van der Waals surface area (Å²) in [5.74, 6) is 3.16. The number of nitrogens with two attached hydrogens (primary N) is 1. The van der Waals surface area contributed by atoms with Crippen LogP contribution in [0.5, 0.6) is 0 Å². The monoisotopic (exact) mass is 205 g/mol. The van der Waals surface area contributed by atoms with Crippen molar-refractivity contribution in [3.05, 3.63) is 0 Å². The lowest BCUT2D eigenvalue weighted by Gasteiger charge is -2.34. The molecule has 2 aliphatic rings. The summed E-state index contributed by atoms with van der Waals surface area (Å²) in [5, 5.41) is 1.77. The summed E-state index contributed by atoms with van der Waals surface area (Å²) in [6.45, 7) is 2.14. The lowest BCUT2D eigenvalue weighted by molar-refractivity contribution is 0.00325. The Labute approximate surface area is 82.8 Å². The number of halogens is 2. The molecule has 0 spiro atoms. The van der Waals surface area contributed by atoms with E-state index >= 15 is 0 Å². The SMILES string of the molecule is NN1CCC(N2CCC(F)(F)C2)CC1. The number of nitrogens with zero attached hydrogens (tertiary/aromatic N) is 2. The third kappa shape index (κ3) is 2.21. The molecule has 0 aliphatic carbocycles. The fourth-order valence-corrected chi connectivity index (χ4v) is 2.33. The minimum absolute atomic E-state index is 0.0237. The average molecular weight is 205 g/mol. The van der Waals surface area contributed by atoms with E-state index in [1.165, 1.54) is 0 Å². The van der Waals surface area contributed by atoms with Crippen LogP contribution in [-0.2, 0) is 0 Å². The Morgan fingerprint density at radius 1 is 1.14 bits per heavy atom. The second kappa shape index (κ2) is 3.72. The van der Waals surface area contributed by atoms with E-state index in [0.717, 1.165) is 25.9 Å². The first-order valence-corrected chi connectivity index (χ1v) is 5.18. The Bertz CT molecular complexity index is 202. The van der Waals surface area contributed by atoms with Crippen LogP contribution in [0.15, 0.2) is 0 Å². The van der Waals surface area contributed by atoms with Crippen LogP contribution in [-0.4, -0.2) is 48.1 Å². The van der Waals surface area contributed by atoms with Crippen LogP contribution in [0.3, 0.4) is 0 Å². The van der Waals surface area contributed by atoms with E-state index in [-0.39, 0.29) is 13.0 Å². The first kappa shape index (κ1) is 10.3. The van der Waals surface area contributed by atoms with Crippen LogP contribution in [0.25, 0.3) is 0 Å². The zero-order chi connectivity index (χ0) is 10.2. The maximum absolute atomic E-state index is 12.9. The van der Waals surface area contributed by atoms with Gasteiger partial charge < -0.3 is 0 Å². The van der Waals surface area contributed by atoms with Gasteiger partial charge in [0.2, 0.25) is 0 Å². The van der Waals surface area contributed by atoms with Crippen molar-refractivity contribution < 1.29 is 8.78 Å². The predicted octanol–water partition coefficient (Wildman–Crippen LogP) is 0.665. The van der Waals surface area contributed by atoms with Crippen molar-refractivity contribution in [3.8, 4) is 0 Å². The highest BCUT2D eigenvalue weighted by Gasteiger charge is 2.41. The highest BCUT2D eigenvalue weighted by molar-refractivity contribution is 4.88. The van der Waals surface area contributed by atoms with E-state index in [0.29, 0.717) is 12.6 Å². The van der Waals surface area contributed by atoms with Crippen molar-refractivity contribution in [3.63, 3.8) is 0 Å². The summed E-state index contributed by atoms with van der Waals surface area (Å²) < 4.78 is 25.9. The smallest absolute Gasteiger partial charge is 0.261 e. The lowest BCUT2D eigenvalue weighted by atomic mass is 10.1. The molecule has 0 atom stereocenters. The summed E-state index contributed by atoms with van der Waals surface area (Å²) >= 11 is 0. The van der Waals surface area contributed by atoms with E-state index in [4.69, 9.17) is 5.84 Å². The van der Waals surface area contributed by atoms with Gasteiger partial charge in [-0.1, -0.05) is 0 Å². The van der Waals surface area contributed by atoms with Crippen molar-refractivity contribution in [2.24, 2.45) is 5.84 Å². The molecule has 5 heteroatoms. The lowest BCUT2D eigenvalue weighted by Crippen LogP contribution is -2.47. The number of rotatable bonds is 1. The molecule has 0 bridgehead atoms. The molecule has 0 saturated carbocycles. The van der Waals surface area contributed by atoms with Gasteiger partial charge in [-0.2, -0.15) is 0 Å². The van der Waals surface area contributed by atoms with Gasteiger partial charge in [0, 0.05) is 32.1 Å². The van der Waals surface area contributed by atoms with E-state index in [1.807, 2.05) is 4.90 Å². The van der Waals surface area contributed by atoms with Crippen molar-refractivity contribution in [1.29, 1.82) is 0 Å². The zero-order valence-electron chi connectivity index (χ0n) is 8.25. The van der Waals surface area contributed by atoms with Gasteiger partial charge in [-0.05, 0) is 12.8 Å². The van der Waals surface area contributed by atoms with E-state index in [1.54, 1.807) is 5.01 Å². The van der Waals surface area contributed by atoms with Gasteiger partial charge in [0.25, 0.3) is 5.92 Å². The minimum atomic E-state index is -2.46. The normalized spacial score (nSPS) is 31.1. The molecule has 2 saturated heterocycles. The van der Waals surface area contributed by atoms with Gasteiger partial charge in [0.05, 0.1) is 6.54 Å². The van der Waals surface area contributed by atoms with Crippen LogP contribution in [0.2, 0.25) is 0 Å². The van der Waals surface area contributed by atoms with Crippen LogP contribution >= 0.6 is 0 Å². The number of likely N-dealkylation sites (tertiary alicyclic amines) is 1. The summed E-state index contributed by atoms with van der Waals surface area (Å²) in [5.41, 5.74) is 0. The van der Waals surface area contributed by atoms with Gasteiger partial charge in [-0.3, -0.25) is 10.7 Å². The Balaban J connectivity index is 1.85. The maximum Gasteiger partial charge on any atom is 0.261 e. The second-order valence-corrected chi connectivity index (χ2v) is 4.34. The quantitative estimate of drug-likeness (QED) is 0.638. The molecule has 14 heavy (non-hydrogen) atoms. The minimum Gasteiger partial charge on any atom is -0.294 e. The zero-order valence-corrected chi connectivity index (χ0v) is 8.25. The van der Waals surface area contributed by atoms with Gasteiger partial charge in [0.1, 0.15) is 0 Å². The molecule has 0 unspecified atom stereocenters. The van der Waals surface area contributed by atoms with E-state index in [2.05, 4.69) is 0 Å². The fourth-order valence-electron chi connectivity index (χ4n) is 2.33. The molecule has 2 aliphatic heterocycles. The Hall–Kier alpha value is -0.260. The van der Waals surface area contributed by atoms with Gasteiger partial charge in [-0.25, -0.2) is 13.8 Å². The molecule has 2 N–H and O–H groups in total. The number of hydrogen-bond acceptors (Lipinski definition) is 3. The van der Waals surface area contributed by atoms with Crippen molar-refractivity contribution in [2.45, 2.75) is 31.2 Å². The molecule has 0 aromatic heterocycles. The van der Waals surface area contributed by atoms with Crippen LogP contribution in [0.1, 0.15) is 19.3 Å². The Kier molecular flexibility index (Phi) is 2.72. The first-order valence-electron chi connectivity index (χ1n) is 5.18. The van der Waals surface area contributed by atoms with E-state index in [9.17, 15) is 8.78 Å². The summed E-state index contributed by atoms with van der Waals surface area (Å²) in [6.07, 6.45) is 1.87. The molecule has 0 aromatic carbocycles. The standard InChI is InChI=1S/C9H17F2N3/c10-9(11)3-6-13(7-9)8-1-4-14(12)5-2-8/h8H,1-7,12H2. The molecule has 82 valence electrons. The third-order valence-electron chi connectivity index (χ3n) is 3.21. The van der Waals surface area contributed by atoms with Crippen molar-refractivity contribution in [1.82, 2.24) is 9.91 Å². The molecular formula is C9H17F2N3. The second-order valence-electron chi connectivity index (χ2n) is 4.34. The number of piperidine rings is 1. The topological polar surface area (TPSA) is 32.5 Å². The van der Waals surface area contributed by atoms with E-state index < -0.39 is 5.92 Å². The summed E-state index contributed by atoms with van der Waals surface area (Å²) in [4.78, 5) is 1.92. The highest BCUT2D eigenvalue weighted by Crippen LogP contribution is 2.30. The largest absolute Gasteiger partial charge is 0.294 e. The fraction of sp³-hybridized carbons (Fsp3) is 1.00. The predicted molar refractivity (Wildman–Crippen MR) is 49.9 cm³/mol.